The second-order valence-corrected chi connectivity index (χ2v) is 5.76. The Labute approximate surface area is 136 Å². The van der Waals surface area contributed by atoms with Gasteiger partial charge >= 0.3 is 0 Å². The first-order chi connectivity index (χ1) is 10.1. The molecule has 0 aliphatic carbocycles. The fraction of sp³-hybridized carbons (Fsp3) is 0.0667. The van der Waals surface area contributed by atoms with Crippen LogP contribution in [-0.4, -0.2) is 11.6 Å². The van der Waals surface area contributed by atoms with Gasteiger partial charge in [0, 0.05) is 15.6 Å². The predicted molar refractivity (Wildman–Crippen MR) is 86.6 cm³/mol. The summed E-state index contributed by atoms with van der Waals surface area (Å²) in [7, 11) is 0. The molecule has 0 atom stereocenters. The number of benzene rings is 2. The van der Waals surface area contributed by atoms with Crippen molar-refractivity contribution in [2.75, 3.05) is 5.01 Å². The van der Waals surface area contributed by atoms with Crippen molar-refractivity contribution < 1.29 is 4.79 Å². The molecule has 1 amide bonds. The van der Waals surface area contributed by atoms with Crippen molar-refractivity contribution in [3.05, 3.63) is 63.1 Å². The van der Waals surface area contributed by atoms with E-state index in [4.69, 9.17) is 34.8 Å². The summed E-state index contributed by atoms with van der Waals surface area (Å²) in [6.07, 6.45) is 0.173. The quantitative estimate of drug-likeness (QED) is 0.774. The van der Waals surface area contributed by atoms with E-state index in [1.54, 1.807) is 24.3 Å². The first-order valence-electron chi connectivity index (χ1n) is 6.16. The van der Waals surface area contributed by atoms with Gasteiger partial charge in [0.25, 0.3) is 5.91 Å². The van der Waals surface area contributed by atoms with E-state index in [0.717, 1.165) is 5.56 Å². The van der Waals surface area contributed by atoms with Crippen LogP contribution < -0.4 is 5.01 Å². The minimum Gasteiger partial charge on any atom is -0.272 e. The Morgan fingerprint density at radius 1 is 1.00 bits per heavy atom. The molecule has 0 unspecified atom stereocenters. The summed E-state index contributed by atoms with van der Waals surface area (Å²) in [4.78, 5) is 12.2. The normalized spacial score (nSPS) is 14.5. The van der Waals surface area contributed by atoms with Crippen LogP contribution in [0, 0.1) is 0 Å². The molecule has 6 heteroatoms. The van der Waals surface area contributed by atoms with Gasteiger partial charge in [-0.2, -0.15) is 10.1 Å². The van der Waals surface area contributed by atoms with Crippen LogP contribution in [0.4, 0.5) is 5.69 Å². The second-order valence-electron chi connectivity index (χ2n) is 4.50. The van der Waals surface area contributed by atoms with Crippen LogP contribution in [0.15, 0.2) is 47.6 Å². The van der Waals surface area contributed by atoms with E-state index in [9.17, 15) is 4.79 Å². The molecule has 1 aliphatic heterocycles. The van der Waals surface area contributed by atoms with E-state index in [1.165, 1.54) is 5.01 Å². The fourth-order valence-electron chi connectivity index (χ4n) is 2.11. The van der Waals surface area contributed by atoms with Crippen molar-refractivity contribution in [2.24, 2.45) is 5.10 Å². The highest BCUT2D eigenvalue weighted by molar-refractivity contribution is 6.37. The molecule has 2 aromatic carbocycles. The minimum atomic E-state index is -0.172. The largest absolute Gasteiger partial charge is 0.272 e. The summed E-state index contributed by atoms with van der Waals surface area (Å²) in [5.74, 6) is -0.172. The minimum absolute atomic E-state index is 0.172. The highest BCUT2D eigenvalue weighted by Gasteiger charge is 2.28. The molecule has 3 nitrogen and oxygen atoms in total. The van der Waals surface area contributed by atoms with Crippen molar-refractivity contribution >= 4 is 52.1 Å². The van der Waals surface area contributed by atoms with E-state index >= 15 is 0 Å². The second kappa shape index (κ2) is 5.68. The molecule has 0 N–H and O–H groups in total. The summed E-state index contributed by atoms with van der Waals surface area (Å²) < 4.78 is 0. The van der Waals surface area contributed by atoms with Gasteiger partial charge in [-0.3, -0.25) is 4.79 Å². The molecule has 21 heavy (non-hydrogen) atoms. The lowest BCUT2D eigenvalue weighted by Crippen LogP contribution is -2.19. The van der Waals surface area contributed by atoms with Gasteiger partial charge in [-0.05, 0) is 24.3 Å². The number of hydrazone groups is 1. The summed E-state index contributed by atoms with van der Waals surface area (Å²) in [5.41, 5.74) is 1.83. The SMILES string of the molecule is O=C1CC(c2ccccc2Cl)=NN1c1cc(Cl)ccc1Cl. The number of carbonyl (C=O) groups is 1. The van der Waals surface area contributed by atoms with Crippen LogP contribution >= 0.6 is 34.8 Å². The van der Waals surface area contributed by atoms with Gasteiger partial charge in [0.1, 0.15) is 0 Å². The van der Waals surface area contributed by atoms with Gasteiger partial charge in [-0.25, -0.2) is 0 Å². The standard InChI is InChI=1S/C15H9Cl3N2O/c16-9-5-6-12(18)14(7-9)20-15(21)8-13(19-20)10-3-1-2-4-11(10)17/h1-7H,8H2. The molecular formula is C15H9Cl3N2O. The van der Waals surface area contributed by atoms with Gasteiger partial charge in [-0.15, -0.1) is 0 Å². The summed E-state index contributed by atoms with van der Waals surface area (Å²) in [5, 5.41) is 7.08. The third-order valence-electron chi connectivity index (χ3n) is 3.10. The molecule has 106 valence electrons. The number of hydrogen-bond acceptors (Lipinski definition) is 2. The molecule has 0 saturated carbocycles. The number of amides is 1. The number of rotatable bonds is 2. The molecule has 0 radical (unpaired) electrons. The van der Waals surface area contributed by atoms with Crippen molar-refractivity contribution in [3.8, 4) is 0 Å². The van der Waals surface area contributed by atoms with E-state index in [2.05, 4.69) is 5.10 Å². The average Bonchev–Trinajstić information content (AvgIpc) is 2.84. The topological polar surface area (TPSA) is 32.7 Å². The highest BCUT2D eigenvalue weighted by Crippen LogP contribution is 2.33. The maximum atomic E-state index is 12.2. The monoisotopic (exact) mass is 338 g/mol. The molecule has 0 saturated heterocycles. The molecule has 0 bridgehead atoms. The summed E-state index contributed by atoms with van der Waals surface area (Å²) in [6.45, 7) is 0. The van der Waals surface area contributed by atoms with Crippen LogP contribution in [0.5, 0.6) is 0 Å². The van der Waals surface area contributed by atoms with Gasteiger partial charge in [-0.1, -0.05) is 53.0 Å². The Balaban J connectivity index is 2.03. The average molecular weight is 340 g/mol. The van der Waals surface area contributed by atoms with Crippen LogP contribution in [-0.2, 0) is 4.79 Å². The molecular weight excluding hydrogens is 331 g/mol. The number of anilines is 1. The smallest absolute Gasteiger partial charge is 0.253 e. The lowest BCUT2D eigenvalue weighted by Gasteiger charge is -2.13. The Bertz CT molecular complexity index is 758. The Morgan fingerprint density at radius 3 is 2.52 bits per heavy atom. The first-order valence-corrected chi connectivity index (χ1v) is 7.30. The summed E-state index contributed by atoms with van der Waals surface area (Å²) >= 11 is 18.2. The molecule has 0 spiro atoms. The molecule has 1 aliphatic rings. The van der Waals surface area contributed by atoms with E-state index in [0.29, 0.717) is 26.5 Å². The third-order valence-corrected chi connectivity index (χ3v) is 3.98. The van der Waals surface area contributed by atoms with E-state index in [-0.39, 0.29) is 12.3 Å². The van der Waals surface area contributed by atoms with Crippen molar-refractivity contribution in [2.45, 2.75) is 6.42 Å². The van der Waals surface area contributed by atoms with Crippen LogP contribution in [0.2, 0.25) is 15.1 Å². The molecule has 0 fully saturated rings. The lowest BCUT2D eigenvalue weighted by atomic mass is 10.1. The van der Waals surface area contributed by atoms with Crippen LogP contribution in [0.3, 0.4) is 0 Å². The zero-order valence-corrected chi connectivity index (χ0v) is 13.0. The number of carbonyl (C=O) groups excluding carboxylic acids is 1. The number of hydrogen-bond donors (Lipinski definition) is 0. The zero-order chi connectivity index (χ0) is 15.0. The van der Waals surface area contributed by atoms with Crippen molar-refractivity contribution in [1.29, 1.82) is 0 Å². The van der Waals surface area contributed by atoms with Crippen molar-refractivity contribution in [3.63, 3.8) is 0 Å². The van der Waals surface area contributed by atoms with Gasteiger partial charge in [0.15, 0.2) is 0 Å². The zero-order valence-electron chi connectivity index (χ0n) is 10.7. The maximum absolute atomic E-state index is 12.2. The molecule has 1 heterocycles. The maximum Gasteiger partial charge on any atom is 0.253 e. The fourth-order valence-corrected chi connectivity index (χ4v) is 2.72. The third kappa shape index (κ3) is 2.77. The van der Waals surface area contributed by atoms with Crippen LogP contribution in [0.1, 0.15) is 12.0 Å². The van der Waals surface area contributed by atoms with Gasteiger partial charge < -0.3 is 0 Å². The van der Waals surface area contributed by atoms with Crippen molar-refractivity contribution in [1.82, 2.24) is 0 Å². The Hall–Kier alpha value is -1.55. The number of nitrogens with zero attached hydrogens (tertiary/aromatic N) is 2. The Morgan fingerprint density at radius 2 is 1.76 bits per heavy atom. The highest BCUT2D eigenvalue weighted by atomic mass is 35.5. The molecule has 0 aromatic heterocycles. The summed E-state index contributed by atoms with van der Waals surface area (Å²) in [6, 6.07) is 12.2. The first kappa shape index (κ1) is 14.4. The van der Waals surface area contributed by atoms with E-state index < -0.39 is 0 Å². The number of halogens is 3. The van der Waals surface area contributed by atoms with Gasteiger partial charge in [0.2, 0.25) is 0 Å². The van der Waals surface area contributed by atoms with Crippen LogP contribution in [0.25, 0.3) is 0 Å². The Kier molecular flexibility index (Phi) is 3.89. The van der Waals surface area contributed by atoms with E-state index in [1.807, 2.05) is 18.2 Å². The lowest BCUT2D eigenvalue weighted by molar-refractivity contribution is -0.116. The molecule has 2 aromatic rings. The predicted octanol–water partition coefficient (Wildman–Crippen LogP) is 4.79. The molecule has 3 rings (SSSR count). The van der Waals surface area contributed by atoms with Gasteiger partial charge in [0.05, 0.1) is 22.8 Å².